The molecule has 0 aliphatic carbocycles. The van der Waals surface area contributed by atoms with Gasteiger partial charge in [-0.15, -0.1) is 0 Å². The Morgan fingerprint density at radius 1 is 1.00 bits per heavy atom. The molecule has 10 heteroatoms. The minimum atomic E-state index is -0.781. The first-order chi connectivity index (χ1) is 17.0. The third-order valence-corrected chi connectivity index (χ3v) is 5.24. The fourth-order valence-electron chi connectivity index (χ4n) is 3.65. The fraction of sp³-hybridized carbons (Fsp3) is 0.200. The Morgan fingerprint density at radius 3 is 2.34 bits per heavy atom. The van der Waals surface area contributed by atoms with Crippen LogP contribution in [0.1, 0.15) is 29.0 Å². The maximum atomic E-state index is 12.9. The molecule has 2 aromatic carbocycles. The number of benzene rings is 2. The van der Waals surface area contributed by atoms with Crippen molar-refractivity contribution in [3.63, 3.8) is 0 Å². The van der Waals surface area contributed by atoms with Gasteiger partial charge in [-0.05, 0) is 24.6 Å². The van der Waals surface area contributed by atoms with Gasteiger partial charge in [0.25, 0.3) is 0 Å². The van der Waals surface area contributed by atoms with Gasteiger partial charge in [-0.2, -0.15) is 5.10 Å². The second-order valence-corrected chi connectivity index (χ2v) is 7.46. The lowest BCUT2D eigenvalue weighted by atomic mass is 9.95. The average molecular weight is 476 g/mol. The Bertz CT molecular complexity index is 1250. The molecule has 3 aromatic rings. The topological polar surface area (TPSA) is 121 Å². The van der Waals surface area contributed by atoms with Gasteiger partial charge in [0.05, 0.1) is 42.9 Å². The molecule has 0 saturated heterocycles. The Kier molecular flexibility index (Phi) is 7.10. The number of nitrogens with zero attached hydrogens (tertiary/aromatic N) is 2. The van der Waals surface area contributed by atoms with Gasteiger partial charge in [0.1, 0.15) is 6.61 Å². The summed E-state index contributed by atoms with van der Waals surface area (Å²) in [6, 6.07) is 16.9. The molecule has 1 aromatic heterocycles. The quantitative estimate of drug-likeness (QED) is 0.480. The number of nitrogens with one attached hydrogen (secondary N) is 2. The number of carbonyl (C=O) groups excluding carboxylic acids is 3. The number of esters is 2. The zero-order chi connectivity index (χ0) is 24.8. The van der Waals surface area contributed by atoms with Gasteiger partial charge in [-0.25, -0.2) is 19.1 Å². The van der Waals surface area contributed by atoms with Crippen molar-refractivity contribution in [3.8, 4) is 11.4 Å². The van der Waals surface area contributed by atoms with E-state index in [1.54, 1.807) is 37.4 Å². The number of carbonyl (C=O) groups is 3. The van der Waals surface area contributed by atoms with Crippen LogP contribution in [-0.4, -0.2) is 48.1 Å². The maximum absolute atomic E-state index is 12.9. The van der Waals surface area contributed by atoms with Crippen LogP contribution in [-0.2, 0) is 14.3 Å². The Labute approximate surface area is 201 Å². The standard InChI is InChI=1S/C25H24N4O6/c1-3-34-23(30)20-18(26-25(32)27-21(20)16-10-6-4-7-11-16)15-35-24(31)22-19(33-2)14-29(28-22)17-12-8-5-9-13-17/h4-14,21H,3,15H2,1-2H3,(H2,26,27,32)/t21-/m1/s1. The summed E-state index contributed by atoms with van der Waals surface area (Å²) in [7, 11) is 1.42. The van der Waals surface area contributed by atoms with Crippen LogP contribution >= 0.6 is 0 Å². The molecule has 0 unspecified atom stereocenters. The Balaban J connectivity index is 1.62. The van der Waals surface area contributed by atoms with E-state index < -0.39 is 24.0 Å². The first-order valence-electron chi connectivity index (χ1n) is 10.9. The number of para-hydroxylation sites is 1. The van der Waals surface area contributed by atoms with Gasteiger partial charge in [0, 0.05) is 0 Å². The molecule has 0 saturated carbocycles. The predicted octanol–water partition coefficient (Wildman–Crippen LogP) is 2.91. The molecule has 4 rings (SSSR count). The van der Waals surface area contributed by atoms with E-state index in [1.165, 1.54) is 11.8 Å². The molecule has 0 bridgehead atoms. The van der Waals surface area contributed by atoms with E-state index in [1.807, 2.05) is 36.4 Å². The molecular formula is C25H24N4O6. The minimum absolute atomic E-state index is 0.0468. The van der Waals surface area contributed by atoms with Gasteiger partial charge >= 0.3 is 18.0 Å². The second-order valence-electron chi connectivity index (χ2n) is 7.46. The second kappa shape index (κ2) is 10.6. The molecule has 1 aliphatic rings. The van der Waals surface area contributed by atoms with Crippen LogP contribution in [0.3, 0.4) is 0 Å². The minimum Gasteiger partial charge on any atom is -0.493 e. The third kappa shape index (κ3) is 5.16. The highest BCUT2D eigenvalue weighted by Crippen LogP contribution is 2.28. The van der Waals surface area contributed by atoms with Gasteiger partial charge in [0.2, 0.25) is 5.69 Å². The fourth-order valence-corrected chi connectivity index (χ4v) is 3.65. The molecule has 1 atom stereocenters. The van der Waals surface area contributed by atoms with Crippen LogP contribution in [0.15, 0.2) is 78.1 Å². The SMILES string of the molecule is CCOC(=O)C1=C(COC(=O)c2nn(-c3ccccc3)cc2OC)NC(=O)N[C@@H]1c1ccccc1. The lowest BCUT2D eigenvalue weighted by molar-refractivity contribution is -0.139. The number of urea groups is 1. The van der Waals surface area contributed by atoms with Crippen molar-refractivity contribution in [2.24, 2.45) is 0 Å². The monoisotopic (exact) mass is 476 g/mol. The number of aromatic nitrogens is 2. The molecule has 0 spiro atoms. The predicted molar refractivity (Wildman–Crippen MR) is 125 cm³/mol. The van der Waals surface area contributed by atoms with Gasteiger partial charge in [0.15, 0.2) is 5.75 Å². The molecule has 0 fully saturated rings. The summed E-state index contributed by atoms with van der Waals surface area (Å²) in [5.41, 5.74) is 1.63. The van der Waals surface area contributed by atoms with Crippen LogP contribution in [0.2, 0.25) is 0 Å². The number of methoxy groups -OCH3 is 1. The zero-order valence-electron chi connectivity index (χ0n) is 19.2. The van der Waals surface area contributed by atoms with E-state index in [4.69, 9.17) is 14.2 Å². The first-order valence-corrected chi connectivity index (χ1v) is 10.9. The smallest absolute Gasteiger partial charge is 0.363 e. The van der Waals surface area contributed by atoms with E-state index in [0.29, 0.717) is 5.56 Å². The molecule has 0 radical (unpaired) electrons. The molecule has 2 amide bonds. The molecule has 2 heterocycles. The number of ether oxygens (including phenoxy) is 3. The molecule has 10 nitrogen and oxygen atoms in total. The number of rotatable bonds is 8. The average Bonchev–Trinajstić information content (AvgIpc) is 3.33. The van der Waals surface area contributed by atoms with Crippen LogP contribution in [0, 0.1) is 0 Å². The van der Waals surface area contributed by atoms with Crippen molar-refractivity contribution in [2.75, 3.05) is 20.3 Å². The molecule has 35 heavy (non-hydrogen) atoms. The van der Waals surface area contributed by atoms with Crippen LogP contribution in [0.4, 0.5) is 4.79 Å². The molecule has 2 N–H and O–H groups in total. The number of amides is 2. The summed E-state index contributed by atoms with van der Waals surface area (Å²) in [6.07, 6.45) is 1.56. The largest absolute Gasteiger partial charge is 0.493 e. The number of hydrogen-bond donors (Lipinski definition) is 2. The summed E-state index contributed by atoms with van der Waals surface area (Å²) in [5, 5.41) is 9.58. The van der Waals surface area contributed by atoms with E-state index in [9.17, 15) is 14.4 Å². The lowest BCUT2D eigenvalue weighted by Gasteiger charge is -2.29. The van der Waals surface area contributed by atoms with Gasteiger partial charge in [-0.3, -0.25) is 0 Å². The zero-order valence-corrected chi connectivity index (χ0v) is 19.2. The van der Waals surface area contributed by atoms with Crippen molar-refractivity contribution in [1.82, 2.24) is 20.4 Å². The van der Waals surface area contributed by atoms with Crippen LogP contribution < -0.4 is 15.4 Å². The first kappa shape index (κ1) is 23.6. The summed E-state index contributed by atoms with van der Waals surface area (Å²) in [4.78, 5) is 38.1. The summed E-state index contributed by atoms with van der Waals surface area (Å²) in [6.45, 7) is 1.43. The molecule has 180 valence electrons. The van der Waals surface area contributed by atoms with E-state index in [2.05, 4.69) is 15.7 Å². The van der Waals surface area contributed by atoms with Gasteiger partial charge < -0.3 is 24.8 Å². The maximum Gasteiger partial charge on any atom is 0.363 e. The van der Waals surface area contributed by atoms with Crippen molar-refractivity contribution in [2.45, 2.75) is 13.0 Å². The Morgan fingerprint density at radius 2 is 1.69 bits per heavy atom. The van der Waals surface area contributed by atoms with E-state index in [-0.39, 0.29) is 35.9 Å². The molecular weight excluding hydrogens is 452 g/mol. The Hall–Kier alpha value is -4.60. The van der Waals surface area contributed by atoms with Gasteiger partial charge in [-0.1, -0.05) is 48.5 Å². The highest BCUT2D eigenvalue weighted by atomic mass is 16.5. The third-order valence-electron chi connectivity index (χ3n) is 5.24. The van der Waals surface area contributed by atoms with Crippen molar-refractivity contribution < 1.29 is 28.6 Å². The molecule has 1 aliphatic heterocycles. The highest BCUT2D eigenvalue weighted by molar-refractivity contribution is 5.95. The normalized spacial score (nSPS) is 15.1. The number of hydrogen-bond acceptors (Lipinski definition) is 7. The summed E-state index contributed by atoms with van der Waals surface area (Å²) < 4.78 is 17.5. The van der Waals surface area contributed by atoms with E-state index in [0.717, 1.165) is 5.69 Å². The lowest BCUT2D eigenvalue weighted by Crippen LogP contribution is -2.47. The van der Waals surface area contributed by atoms with Crippen molar-refractivity contribution in [1.29, 1.82) is 0 Å². The van der Waals surface area contributed by atoms with E-state index >= 15 is 0 Å². The van der Waals surface area contributed by atoms with Crippen molar-refractivity contribution >= 4 is 18.0 Å². The van der Waals surface area contributed by atoms with Crippen LogP contribution in [0.5, 0.6) is 5.75 Å². The summed E-state index contributed by atoms with van der Waals surface area (Å²) >= 11 is 0. The van der Waals surface area contributed by atoms with Crippen molar-refractivity contribution in [3.05, 3.63) is 89.4 Å². The van der Waals surface area contributed by atoms with Crippen LogP contribution in [0.25, 0.3) is 5.69 Å². The highest BCUT2D eigenvalue weighted by Gasteiger charge is 2.34. The summed E-state index contributed by atoms with van der Waals surface area (Å²) in [5.74, 6) is -1.20.